The summed E-state index contributed by atoms with van der Waals surface area (Å²) in [5.41, 5.74) is 3.74. The highest BCUT2D eigenvalue weighted by molar-refractivity contribution is 5.99. The number of aryl methyl sites for hydroxylation is 1. The number of pyridine rings is 1. The Morgan fingerprint density at radius 3 is 2.75 bits per heavy atom. The molecule has 0 radical (unpaired) electrons. The fourth-order valence-corrected chi connectivity index (χ4v) is 2.81. The fourth-order valence-electron chi connectivity index (χ4n) is 2.81. The Balaban J connectivity index is 2.34. The summed E-state index contributed by atoms with van der Waals surface area (Å²) in [6.07, 6.45) is 2.74. The lowest BCUT2D eigenvalue weighted by Gasteiger charge is -2.13. The zero-order valence-electron chi connectivity index (χ0n) is 13.8. The van der Waals surface area contributed by atoms with Gasteiger partial charge in [0.15, 0.2) is 0 Å². The van der Waals surface area contributed by atoms with E-state index < -0.39 is 6.09 Å². The monoisotopic (exact) mass is 319 g/mol. The van der Waals surface area contributed by atoms with Crippen molar-refractivity contribution in [1.29, 1.82) is 5.26 Å². The third-order valence-corrected chi connectivity index (χ3v) is 3.80. The van der Waals surface area contributed by atoms with Crippen LogP contribution in [0.15, 0.2) is 42.7 Å². The summed E-state index contributed by atoms with van der Waals surface area (Å²) < 4.78 is 6.97. The molecule has 120 valence electrons. The number of rotatable bonds is 2. The number of hydrogen-bond donors (Lipinski definition) is 0. The average Bonchev–Trinajstić information content (AvgIpc) is 2.87. The van der Waals surface area contributed by atoms with E-state index in [-0.39, 0.29) is 6.10 Å². The molecule has 0 saturated heterocycles. The molecule has 0 N–H and O–H groups in total. The van der Waals surface area contributed by atoms with Gasteiger partial charge in [0.2, 0.25) is 0 Å². The Labute approximate surface area is 140 Å². The van der Waals surface area contributed by atoms with Gasteiger partial charge in [-0.25, -0.2) is 9.36 Å². The first-order valence-corrected chi connectivity index (χ1v) is 7.69. The first-order chi connectivity index (χ1) is 11.5. The third-order valence-electron chi connectivity index (χ3n) is 3.80. The number of fused-ring (bicyclic) bond motifs is 1. The minimum absolute atomic E-state index is 0.226. The quantitative estimate of drug-likeness (QED) is 0.707. The summed E-state index contributed by atoms with van der Waals surface area (Å²) in [4.78, 5) is 16.8. The van der Waals surface area contributed by atoms with E-state index in [2.05, 4.69) is 11.1 Å². The van der Waals surface area contributed by atoms with Crippen molar-refractivity contribution in [3.8, 4) is 17.3 Å². The molecule has 5 nitrogen and oxygen atoms in total. The van der Waals surface area contributed by atoms with Gasteiger partial charge in [0.1, 0.15) is 0 Å². The molecule has 0 atom stereocenters. The molecular formula is C19H17N3O2. The molecule has 0 bridgehead atoms. The minimum Gasteiger partial charge on any atom is -0.446 e. The van der Waals surface area contributed by atoms with E-state index in [1.165, 1.54) is 0 Å². The second-order valence-corrected chi connectivity index (χ2v) is 5.83. The number of aromatic nitrogens is 2. The van der Waals surface area contributed by atoms with E-state index in [9.17, 15) is 4.79 Å². The number of nitrogens with zero attached hydrogens (tertiary/aromatic N) is 3. The Bertz CT molecular complexity index is 950. The van der Waals surface area contributed by atoms with Gasteiger partial charge in [0.05, 0.1) is 28.9 Å². The van der Waals surface area contributed by atoms with E-state index in [1.807, 2.05) is 32.9 Å². The van der Waals surface area contributed by atoms with E-state index >= 15 is 0 Å². The van der Waals surface area contributed by atoms with E-state index in [1.54, 1.807) is 35.2 Å². The molecule has 0 unspecified atom stereocenters. The van der Waals surface area contributed by atoms with Crippen molar-refractivity contribution in [3.63, 3.8) is 0 Å². The number of hydrogen-bond acceptors (Lipinski definition) is 4. The van der Waals surface area contributed by atoms with Crippen molar-refractivity contribution in [2.24, 2.45) is 0 Å². The van der Waals surface area contributed by atoms with Crippen molar-refractivity contribution >= 4 is 17.0 Å². The molecule has 5 heteroatoms. The molecule has 0 aliphatic rings. The molecule has 1 aromatic carbocycles. The predicted molar refractivity (Wildman–Crippen MR) is 91.6 cm³/mol. The standard InChI is InChI=1S/C19H17N3O2/c1-12(2)24-19(23)22-17-7-6-14(10-20)9-16(17)13(3)18(22)15-5-4-8-21-11-15/h4-9,11-12H,1-3H3. The van der Waals surface area contributed by atoms with E-state index in [0.29, 0.717) is 5.56 Å². The summed E-state index contributed by atoms with van der Waals surface area (Å²) in [5, 5.41) is 10.0. The summed E-state index contributed by atoms with van der Waals surface area (Å²) in [6.45, 7) is 5.56. The molecule has 3 rings (SSSR count). The van der Waals surface area contributed by atoms with Crippen LogP contribution in [-0.4, -0.2) is 21.7 Å². The molecule has 2 heterocycles. The van der Waals surface area contributed by atoms with Crippen molar-refractivity contribution in [2.75, 3.05) is 0 Å². The molecule has 0 spiro atoms. The van der Waals surface area contributed by atoms with Crippen molar-refractivity contribution in [2.45, 2.75) is 26.9 Å². The first-order valence-electron chi connectivity index (χ1n) is 7.69. The summed E-state index contributed by atoms with van der Waals surface area (Å²) in [6, 6.07) is 11.1. The van der Waals surface area contributed by atoms with E-state index in [0.717, 1.165) is 27.7 Å². The van der Waals surface area contributed by atoms with Crippen LogP contribution >= 0.6 is 0 Å². The number of carbonyl (C=O) groups is 1. The molecule has 0 saturated carbocycles. The fraction of sp³-hybridized carbons (Fsp3) is 0.211. The van der Waals surface area contributed by atoms with Crippen molar-refractivity contribution < 1.29 is 9.53 Å². The summed E-state index contributed by atoms with van der Waals surface area (Å²) in [7, 11) is 0. The Morgan fingerprint density at radius 1 is 1.33 bits per heavy atom. The zero-order chi connectivity index (χ0) is 17.3. The minimum atomic E-state index is -0.438. The Morgan fingerprint density at radius 2 is 2.12 bits per heavy atom. The van der Waals surface area contributed by atoms with Gasteiger partial charge in [0, 0.05) is 23.3 Å². The lowest BCUT2D eigenvalue weighted by atomic mass is 10.1. The van der Waals surface area contributed by atoms with Crippen LogP contribution < -0.4 is 0 Å². The largest absolute Gasteiger partial charge is 0.446 e. The van der Waals surface area contributed by atoms with Crippen molar-refractivity contribution in [3.05, 3.63) is 53.9 Å². The maximum atomic E-state index is 12.7. The lowest BCUT2D eigenvalue weighted by molar-refractivity contribution is 0.118. The molecule has 0 aliphatic carbocycles. The van der Waals surface area contributed by atoms with Crippen LogP contribution in [-0.2, 0) is 4.74 Å². The maximum Gasteiger partial charge on any atom is 0.419 e. The van der Waals surface area contributed by atoms with Crippen molar-refractivity contribution in [1.82, 2.24) is 9.55 Å². The van der Waals surface area contributed by atoms with Crippen LogP contribution in [0, 0.1) is 18.3 Å². The Hall–Kier alpha value is -3.13. The SMILES string of the molecule is Cc1c(-c2cccnc2)n(C(=O)OC(C)C)c2ccc(C#N)cc12. The molecule has 0 aliphatic heterocycles. The molecule has 0 fully saturated rings. The van der Waals surface area contributed by atoms with Crippen LogP contribution in [0.5, 0.6) is 0 Å². The lowest BCUT2D eigenvalue weighted by Crippen LogP contribution is -2.18. The highest BCUT2D eigenvalue weighted by Crippen LogP contribution is 2.33. The summed E-state index contributed by atoms with van der Waals surface area (Å²) >= 11 is 0. The average molecular weight is 319 g/mol. The van der Waals surface area contributed by atoms with Gasteiger partial charge in [-0.05, 0) is 56.7 Å². The smallest absolute Gasteiger partial charge is 0.419 e. The topological polar surface area (TPSA) is 67.9 Å². The van der Waals surface area contributed by atoms with Crippen LogP contribution in [0.2, 0.25) is 0 Å². The highest BCUT2D eigenvalue weighted by atomic mass is 16.6. The molecule has 24 heavy (non-hydrogen) atoms. The molecule has 0 amide bonds. The van der Waals surface area contributed by atoms with Crippen LogP contribution in [0.1, 0.15) is 25.0 Å². The van der Waals surface area contributed by atoms with Gasteiger partial charge in [-0.1, -0.05) is 0 Å². The van der Waals surface area contributed by atoms with Gasteiger partial charge >= 0.3 is 6.09 Å². The number of nitriles is 1. The van der Waals surface area contributed by atoms with Gasteiger partial charge in [-0.15, -0.1) is 0 Å². The maximum absolute atomic E-state index is 12.7. The van der Waals surface area contributed by atoms with Crippen LogP contribution in [0.3, 0.4) is 0 Å². The normalized spacial score (nSPS) is 10.8. The van der Waals surface area contributed by atoms with Crippen LogP contribution in [0.25, 0.3) is 22.2 Å². The second-order valence-electron chi connectivity index (χ2n) is 5.83. The van der Waals surface area contributed by atoms with Gasteiger partial charge in [0.25, 0.3) is 0 Å². The number of benzene rings is 1. The molecular weight excluding hydrogens is 302 g/mol. The van der Waals surface area contributed by atoms with E-state index in [4.69, 9.17) is 10.00 Å². The molecule has 2 aromatic heterocycles. The Kier molecular flexibility index (Phi) is 4.05. The second kappa shape index (κ2) is 6.17. The van der Waals surface area contributed by atoms with Gasteiger partial charge in [-0.3, -0.25) is 4.98 Å². The highest BCUT2D eigenvalue weighted by Gasteiger charge is 2.22. The zero-order valence-corrected chi connectivity index (χ0v) is 13.8. The first kappa shape index (κ1) is 15.8. The number of carbonyl (C=O) groups excluding carboxylic acids is 1. The summed E-state index contributed by atoms with van der Waals surface area (Å²) in [5.74, 6) is 0. The predicted octanol–water partition coefficient (Wildman–Crippen LogP) is 4.28. The third kappa shape index (κ3) is 2.63. The van der Waals surface area contributed by atoms with Gasteiger partial charge in [-0.2, -0.15) is 5.26 Å². The van der Waals surface area contributed by atoms with Crippen LogP contribution in [0.4, 0.5) is 4.79 Å². The number of ether oxygens (including phenoxy) is 1. The molecule has 3 aromatic rings. The van der Waals surface area contributed by atoms with Gasteiger partial charge < -0.3 is 4.74 Å².